The molecule has 0 heterocycles. The predicted molar refractivity (Wildman–Crippen MR) is 68.0 cm³/mol. The topological polar surface area (TPSA) is 78.4 Å². The molecule has 0 aromatic carbocycles. The standard InChI is InChI=1S/C13H20N2O3/c1-3-7-10(11(16)17)14-12(18)15-13(2)8-5-4-6-9-13/h1,10H,4-9H2,2H3,(H,16,17)(H2,14,15,18). The van der Waals surface area contributed by atoms with E-state index >= 15 is 0 Å². The molecule has 1 saturated carbocycles. The summed E-state index contributed by atoms with van der Waals surface area (Å²) in [6.45, 7) is 1.99. The first-order chi connectivity index (χ1) is 8.47. The number of carbonyl (C=O) groups is 2. The van der Waals surface area contributed by atoms with Gasteiger partial charge in [0.25, 0.3) is 0 Å². The highest BCUT2D eigenvalue weighted by Gasteiger charge is 2.29. The first-order valence-electron chi connectivity index (χ1n) is 6.22. The third-order valence-electron chi connectivity index (χ3n) is 3.30. The van der Waals surface area contributed by atoms with Crippen LogP contribution < -0.4 is 10.6 Å². The molecule has 1 atom stereocenters. The summed E-state index contributed by atoms with van der Waals surface area (Å²) < 4.78 is 0. The van der Waals surface area contributed by atoms with Gasteiger partial charge in [-0.1, -0.05) is 19.3 Å². The molecule has 100 valence electrons. The summed E-state index contributed by atoms with van der Waals surface area (Å²) in [7, 11) is 0. The van der Waals surface area contributed by atoms with Crippen molar-refractivity contribution in [2.45, 2.75) is 57.0 Å². The van der Waals surface area contributed by atoms with Gasteiger partial charge in [-0.25, -0.2) is 9.59 Å². The Labute approximate surface area is 107 Å². The van der Waals surface area contributed by atoms with E-state index in [1.807, 2.05) is 6.92 Å². The third kappa shape index (κ3) is 4.28. The summed E-state index contributed by atoms with van der Waals surface area (Å²) in [4.78, 5) is 22.6. The van der Waals surface area contributed by atoms with Crippen LogP contribution in [0.2, 0.25) is 0 Å². The highest BCUT2D eigenvalue weighted by molar-refractivity contribution is 5.83. The number of carboxylic acids is 1. The minimum atomic E-state index is -1.11. The average Bonchev–Trinajstić information content (AvgIpc) is 2.28. The van der Waals surface area contributed by atoms with Gasteiger partial charge in [-0.15, -0.1) is 12.3 Å². The Bertz CT molecular complexity index is 354. The second kappa shape index (κ2) is 6.29. The van der Waals surface area contributed by atoms with Gasteiger partial charge in [-0.2, -0.15) is 0 Å². The number of nitrogens with one attached hydrogen (secondary N) is 2. The van der Waals surface area contributed by atoms with Crippen molar-refractivity contribution in [1.82, 2.24) is 10.6 Å². The van der Waals surface area contributed by atoms with Crippen LogP contribution in [0.4, 0.5) is 4.79 Å². The Hall–Kier alpha value is -1.70. The van der Waals surface area contributed by atoms with Crippen molar-refractivity contribution in [3.8, 4) is 12.3 Å². The summed E-state index contributed by atoms with van der Waals surface area (Å²) in [5.74, 6) is 1.13. The lowest BCUT2D eigenvalue weighted by Crippen LogP contribution is -2.54. The van der Waals surface area contributed by atoms with Gasteiger partial charge >= 0.3 is 12.0 Å². The van der Waals surface area contributed by atoms with Gasteiger partial charge in [0.1, 0.15) is 6.04 Å². The molecule has 5 heteroatoms. The number of carbonyl (C=O) groups excluding carboxylic acids is 1. The number of terminal acetylenes is 1. The first kappa shape index (κ1) is 14.4. The minimum absolute atomic E-state index is 0.0144. The van der Waals surface area contributed by atoms with Crippen LogP contribution in [0.5, 0.6) is 0 Å². The van der Waals surface area contributed by atoms with Crippen LogP contribution in [0.15, 0.2) is 0 Å². The Kier molecular flexibility index (Phi) is 5.02. The van der Waals surface area contributed by atoms with E-state index in [2.05, 4.69) is 16.6 Å². The summed E-state index contributed by atoms with van der Waals surface area (Å²) in [6.07, 6.45) is 10.3. The smallest absolute Gasteiger partial charge is 0.327 e. The van der Waals surface area contributed by atoms with Crippen molar-refractivity contribution in [2.75, 3.05) is 0 Å². The molecule has 0 saturated heterocycles. The molecule has 1 fully saturated rings. The van der Waals surface area contributed by atoms with Gasteiger partial charge in [0.15, 0.2) is 0 Å². The summed E-state index contributed by atoms with van der Waals surface area (Å²) in [5, 5.41) is 14.1. The maximum absolute atomic E-state index is 11.8. The number of amides is 2. The monoisotopic (exact) mass is 252 g/mol. The highest BCUT2D eigenvalue weighted by Crippen LogP contribution is 2.27. The fourth-order valence-electron chi connectivity index (χ4n) is 2.24. The zero-order valence-corrected chi connectivity index (χ0v) is 10.7. The van der Waals surface area contributed by atoms with E-state index in [4.69, 9.17) is 11.5 Å². The van der Waals surface area contributed by atoms with Gasteiger partial charge in [0.2, 0.25) is 0 Å². The number of carboxylic acid groups (broad SMARTS) is 1. The van der Waals surface area contributed by atoms with Crippen molar-refractivity contribution in [3.05, 3.63) is 0 Å². The van der Waals surface area contributed by atoms with E-state index in [1.54, 1.807) is 0 Å². The molecule has 2 amide bonds. The molecule has 0 radical (unpaired) electrons. The van der Waals surface area contributed by atoms with Gasteiger partial charge in [0.05, 0.1) is 0 Å². The molecule has 3 N–H and O–H groups in total. The molecule has 5 nitrogen and oxygen atoms in total. The molecule has 0 bridgehead atoms. The van der Waals surface area contributed by atoms with E-state index in [0.29, 0.717) is 0 Å². The SMILES string of the molecule is C#CCC(NC(=O)NC1(C)CCCCC1)C(=O)O. The number of rotatable bonds is 4. The molecular formula is C13H20N2O3. The lowest BCUT2D eigenvalue weighted by atomic mass is 9.83. The number of hydrogen-bond acceptors (Lipinski definition) is 2. The van der Waals surface area contributed by atoms with Crippen LogP contribution in [-0.4, -0.2) is 28.7 Å². The summed E-state index contributed by atoms with van der Waals surface area (Å²) in [5.41, 5.74) is -0.235. The maximum atomic E-state index is 11.8. The molecule has 1 aliphatic rings. The third-order valence-corrected chi connectivity index (χ3v) is 3.30. The van der Waals surface area contributed by atoms with Gasteiger partial charge in [0, 0.05) is 12.0 Å². The van der Waals surface area contributed by atoms with Gasteiger partial charge in [-0.05, 0) is 19.8 Å². The Morgan fingerprint density at radius 2 is 2.00 bits per heavy atom. The largest absolute Gasteiger partial charge is 0.480 e. The van der Waals surface area contributed by atoms with Crippen LogP contribution in [0.25, 0.3) is 0 Å². The molecule has 0 aromatic heterocycles. The minimum Gasteiger partial charge on any atom is -0.480 e. The molecule has 0 aromatic rings. The summed E-state index contributed by atoms with van der Waals surface area (Å²) >= 11 is 0. The first-order valence-corrected chi connectivity index (χ1v) is 6.22. The zero-order valence-electron chi connectivity index (χ0n) is 10.7. The van der Waals surface area contributed by atoms with Crippen LogP contribution >= 0.6 is 0 Å². The summed E-state index contributed by atoms with van der Waals surface area (Å²) in [6, 6.07) is -1.48. The molecule has 0 spiro atoms. The van der Waals surface area contributed by atoms with Crippen molar-refractivity contribution >= 4 is 12.0 Å². The molecular weight excluding hydrogens is 232 g/mol. The highest BCUT2D eigenvalue weighted by atomic mass is 16.4. The van der Waals surface area contributed by atoms with Crippen molar-refractivity contribution < 1.29 is 14.7 Å². The van der Waals surface area contributed by atoms with Crippen LogP contribution in [0, 0.1) is 12.3 Å². The quantitative estimate of drug-likeness (QED) is 0.663. The number of hydrogen-bond donors (Lipinski definition) is 3. The lowest BCUT2D eigenvalue weighted by Gasteiger charge is -2.34. The van der Waals surface area contributed by atoms with Gasteiger partial charge < -0.3 is 15.7 Å². The van der Waals surface area contributed by atoms with E-state index in [9.17, 15) is 9.59 Å². The number of aliphatic carboxylic acids is 1. The zero-order chi connectivity index (χ0) is 13.6. The van der Waals surface area contributed by atoms with Gasteiger partial charge in [-0.3, -0.25) is 0 Å². The Morgan fingerprint density at radius 3 is 2.50 bits per heavy atom. The van der Waals surface area contributed by atoms with Crippen molar-refractivity contribution in [3.63, 3.8) is 0 Å². The normalized spacial score (nSPS) is 19.3. The lowest BCUT2D eigenvalue weighted by molar-refractivity contribution is -0.139. The molecule has 1 rings (SSSR count). The fraction of sp³-hybridized carbons (Fsp3) is 0.692. The molecule has 0 aliphatic heterocycles. The maximum Gasteiger partial charge on any atom is 0.327 e. The second-order valence-corrected chi connectivity index (χ2v) is 5.02. The van der Waals surface area contributed by atoms with E-state index < -0.39 is 18.0 Å². The molecule has 18 heavy (non-hydrogen) atoms. The predicted octanol–water partition coefficient (Wildman–Crippen LogP) is 1.48. The Morgan fingerprint density at radius 1 is 1.39 bits per heavy atom. The second-order valence-electron chi connectivity index (χ2n) is 5.02. The van der Waals surface area contributed by atoms with E-state index in [0.717, 1.165) is 25.7 Å². The van der Waals surface area contributed by atoms with Crippen LogP contribution in [-0.2, 0) is 4.79 Å². The van der Waals surface area contributed by atoms with Crippen LogP contribution in [0.3, 0.4) is 0 Å². The van der Waals surface area contributed by atoms with E-state index in [1.165, 1.54) is 6.42 Å². The molecule has 1 unspecified atom stereocenters. The Balaban J connectivity index is 2.49. The molecule has 1 aliphatic carbocycles. The van der Waals surface area contributed by atoms with E-state index in [-0.39, 0.29) is 12.0 Å². The average molecular weight is 252 g/mol. The fourth-order valence-corrected chi connectivity index (χ4v) is 2.24. The van der Waals surface area contributed by atoms with Crippen LogP contribution in [0.1, 0.15) is 45.4 Å². The number of urea groups is 1. The van der Waals surface area contributed by atoms with Crippen molar-refractivity contribution in [1.29, 1.82) is 0 Å². The van der Waals surface area contributed by atoms with Crippen molar-refractivity contribution in [2.24, 2.45) is 0 Å².